The molecule has 38 heavy (non-hydrogen) atoms. The number of hydrogen-bond donors (Lipinski definition) is 2. The van der Waals surface area contributed by atoms with Crippen LogP contribution in [0.3, 0.4) is 0 Å². The molecule has 0 saturated heterocycles. The van der Waals surface area contributed by atoms with Gasteiger partial charge in [0.15, 0.2) is 11.5 Å². The van der Waals surface area contributed by atoms with Crippen LogP contribution in [-0.2, 0) is 13.6 Å². The standard InChI is InChI=1S/C27H24ClN9O/c1-16(32-27(38)23-25(29)34-36-11-6-10-30-26(23)36)19-13-21(28)20-14-31-37(15-18-9-12-35(2)33-18)24(20)22(19)17-7-4-3-5-8-17/h3-14,16H,15H2,1-2H3,(H2,29,34)(H,32,38). The molecule has 0 aliphatic heterocycles. The van der Waals surface area contributed by atoms with Crippen LogP contribution in [0.4, 0.5) is 5.82 Å². The molecule has 6 aromatic rings. The third-order valence-corrected chi connectivity index (χ3v) is 6.82. The van der Waals surface area contributed by atoms with Crippen LogP contribution < -0.4 is 11.1 Å². The van der Waals surface area contributed by atoms with E-state index in [-0.39, 0.29) is 17.3 Å². The maximum absolute atomic E-state index is 13.4. The topological polar surface area (TPSA) is 121 Å². The lowest BCUT2D eigenvalue weighted by Crippen LogP contribution is -2.28. The Balaban J connectivity index is 1.47. The Kier molecular flexibility index (Phi) is 5.80. The molecule has 0 aliphatic carbocycles. The number of nitrogen functional groups attached to an aromatic ring is 1. The fourth-order valence-corrected chi connectivity index (χ4v) is 5.04. The highest BCUT2D eigenvalue weighted by molar-refractivity contribution is 6.36. The summed E-state index contributed by atoms with van der Waals surface area (Å²) in [6.45, 7) is 2.38. The zero-order valence-corrected chi connectivity index (χ0v) is 21.5. The number of nitrogens with two attached hydrogens (primary N) is 1. The minimum atomic E-state index is -0.434. The predicted molar refractivity (Wildman–Crippen MR) is 146 cm³/mol. The number of carbonyl (C=O) groups excluding carboxylic acids is 1. The first kappa shape index (κ1) is 23.7. The van der Waals surface area contributed by atoms with Gasteiger partial charge in [-0.05, 0) is 36.2 Å². The summed E-state index contributed by atoms with van der Waals surface area (Å²) in [5, 5.41) is 17.8. The molecule has 1 amide bonds. The SMILES string of the molecule is CC(NC(=O)c1c(N)nn2cccnc12)c1cc(Cl)c2cnn(Cc3ccn(C)n3)c2c1-c1ccccc1. The molecule has 2 aromatic carbocycles. The highest BCUT2D eigenvalue weighted by Crippen LogP contribution is 2.39. The molecule has 0 spiro atoms. The minimum Gasteiger partial charge on any atom is -0.381 e. The number of aromatic nitrogens is 7. The van der Waals surface area contributed by atoms with Gasteiger partial charge in [-0.25, -0.2) is 9.50 Å². The Labute approximate surface area is 222 Å². The van der Waals surface area contributed by atoms with Crippen LogP contribution >= 0.6 is 11.6 Å². The number of benzene rings is 2. The molecule has 0 aliphatic rings. The van der Waals surface area contributed by atoms with Gasteiger partial charge in [0, 0.05) is 36.6 Å². The zero-order valence-electron chi connectivity index (χ0n) is 20.7. The quantitative estimate of drug-likeness (QED) is 0.335. The number of rotatable bonds is 6. The second-order valence-corrected chi connectivity index (χ2v) is 9.48. The number of halogens is 1. The van der Waals surface area contributed by atoms with Crippen LogP contribution in [0.25, 0.3) is 27.7 Å². The van der Waals surface area contributed by atoms with Crippen molar-refractivity contribution in [2.45, 2.75) is 19.5 Å². The summed E-state index contributed by atoms with van der Waals surface area (Å²) in [4.78, 5) is 17.7. The Hall–Kier alpha value is -4.70. The summed E-state index contributed by atoms with van der Waals surface area (Å²) < 4.78 is 5.15. The van der Waals surface area contributed by atoms with Crippen molar-refractivity contribution in [1.29, 1.82) is 0 Å². The van der Waals surface area contributed by atoms with E-state index in [1.807, 2.05) is 67.3 Å². The molecule has 1 unspecified atom stereocenters. The van der Waals surface area contributed by atoms with Crippen molar-refractivity contribution in [3.63, 3.8) is 0 Å². The first-order valence-corrected chi connectivity index (χ1v) is 12.4. The highest BCUT2D eigenvalue weighted by atomic mass is 35.5. The van der Waals surface area contributed by atoms with E-state index >= 15 is 0 Å². The number of fused-ring (bicyclic) bond motifs is 2. The average Bonchev–Trinajstić information content (AvgIpc) is 3.61. The Morgan fingerprint density at radius 2 is 1.95 bits per heavy atom. The summed E-state index contributed by atoms with van der Waals surface area (Å²) in [6.07, 6.45) is 6.96. The molecular formula is C27H24ClN9O. The van der Waals surface area contributed by atoms with E-state index in [0.717, 1.165) is 33.3 Å². The largest absolute Gasteiger partial charge is 0.381 e. The van der Waals surface area contributed by atoms with Crippen LogP contribution in [0.15, 0.2) is 73.3 Å². The highest BCUT2D eigenvalue weighted by Gasteiger charge is 2.25. The molecule has 0 radical (unpaired) electrons. The molecule has 3 N–H and O–H groups in total. The van der Waals surface area contributed by atoms with Gasteiger partial charge in [-0.3, -0.25) is 14.2 Å². The lowest BCUT2D eigenvalue weighted by atomic mass is 9.93. The zero-order chi connectivity index (χ0) is 26.4. The van der Waals surface area contributed by atoms with E-state index in [9.17, 15) is 4.79 Å². The van der Waals surface area contributed by atoms with Gasteiger partial charge in [-0.1, -0.05) is 41.9 Å². The number of nitrogens with zero attached hydrogens (tertiary/aromatic N) is 7. The van der Waals surface area contributed by atoms with Crippen molar-refractivity contribution in [3.8, 4) is 11.1 Å². The number of aryl methyl sites for hydroxylation is 1. The molecule has 4 heterocycles. The summed E-state index contributed by atoms with van der Waals surface area (Å²) in [7, 11) is 1.88. The van der Waals surface area contributed by atoms with Crippen LogP contribution in [0.2, 0.25) is 5.02 Å². The van der Waals surface area contributed by atoms with E-state index < -0.39 is 6.04 Å². The van der Waals surface area contributed by atoms with Gasteiger partial charge < -0.3 is 11.1 Å². The number of hydrogen-bond acceptors (Lipinski definition) is 6. The Morgan fingerprint density at radius 3 is 2.71 bits per heavy atom. The third kappa shape index (κ3) is 4.04. The molecule has 11 heteroatoms. The van der Waals surface area contributed by atoms with Crippen molar-refractivity contribution in [3.05, 3.63) is 95.2 Å². The lowest BCUT2D eigenvalue weighted by molar-refractivity contribution is 0.0942. The molecular weight excluding hydrogens is 502 g/mol. The molecule has 190 valence electrons. The van der Waals surface area contributed by atoms with Gasteiger partial charge in [0.25, 0.3) is 5.91 Å². The van der Waals surface area contributed by atoms with Crippen LogP contribution in [0, 0.1) is 0 Å². The van der Waals surface area contributed by atoms with E-state index in [4.69, 9.17) is 17.3 Å². The molecule has 1 atom stereocenters. The van der Waals surface area contributed by atoms with Crippen molar-refractivity contribution in [2.75, 3.05) is 5.73 Å². The molecule has 0 fully saturated rings. The molecule has 4 aromatic heterocycles. The predicted octanol–water partition coefficient (Wildman–Crippen LogP) is 4.25. The second kappa shape index (κ2) is 9.31. The monoisotopic (exact) mass is 525 g/mol. The molecule has 0 bridgehead atoms. The van der Waals surface area contributed by atoms with Crippen molar-refractivity contribution < 1.29 is 4.79 Å². The van der Waals surface area contributed by atoms with E-state index in [2.05, 4.69) is 25.6 Å². The van der Waals surface area contributed by atoms with Gasteiger partial charge in [-0.2, -0.15) is 10.2 Å². The Bertz CT molecular complexity index is 1800. The summed E-state index contributed by atoms with van der Waals surface area (Å²) >= 11 is 6.80. The molecule has 6 rings (SSSR count). The van der Waals surface area contributed by atoms with Crippen molar-refractivity contribution in [2.24, 2.45) is 7.05 Å². The smallest absolute Gasteiger partial charge is 0.259 e. The van der Waals surface area contributed by atoms with E-state index in [0.29, 0.717) is 17.2 Å². The van der Waals surface area contributed by atoms with Gasteiger partial charge in [0.1, 0.15) is 5.56 Å². The van der Waals surface area contributed by atoms with Gasteiger partial charge in [-0.15, -0.1) is 5.10 Å². The van der Waals surface area contributed by atoms with Crippen LogP contribution in [0.1, 0.15) is 34.6 Å². The van der Waals surface area contributed by atoms with E-state index in [1.54, 1.807) is 29.3 Å². The van der Waals surface area contributed by atoms with Crippen LogP contribution in [0.5, 0.6) is 0 Å². The minimum absolute atomic E-state index is 0.110. The number of amides is 1. The van der Waals surface area contributed by atoms with Gasteiger partial charge >= 0.3 is 0 Å². The van der Waals surface area contributed by atoms with Crippen LogP contribution in [-0.4, -0.2) is 40.1 Å². The molecule has 0 saturated carbocycles. The maximum Gasteiger partial charge on any atom is 0.259 e. The van der Waals surface area contributed by atoms with Crippen molar-refractivity contribution in [1.82, 2.24) is 39.5 Å². The van der Waals surface area contributed by atoms with Gasteiger partial charge in [0.05, 0.1) is 35.0 Å². The molecule has 10 nitrogen and oxygen atoms in total. The number of anilines is 1. The normalized spacial score (nSPS) is 12.3. The summed E-state index contributed by atoms with van der Waals surface area (Å²) in [6, 6.07) is 15.1. The summed E-state index contributed by atoms with van der Waals surface area (Å²) in [5.41, 5.74) is 11.2. The number of carbonyl (C=O) groups is 1. The fraction of sp³-hybridized carbons (Fsp3) is 0.148. The van der Waals surface area contributed by atoms with Gasteiger partial charge in [0.2, 0.25) is 0 Å². The Morgan fingerprint density at radius 1 is 1.13 bits per heavy atom. The third-order valence-electron chi connectivity index (χ3n) is 6.51. The van der Waals surface area contributed by atoms with Crippen molar-refractivity contribution >= 4 is 39.9 Å². The first-order chi connectivity index (χ1) is 18.4. The first-order valence-electron chi connectivity index (χ1n) is 12.0. The fourth-order valence-electron chi connectivity index (χ4n) is 4.79. The van der Waals surface area contributed by atoms with E-state index in [1.165, 1.54) is 4.52 Å². The summed E-state index contributed by atoms with van der Waals surface area (Å²) in [5.74, 6) is -0.264. The average molecular weight is 526 g/mol. The number of nitrogens with one attached hydrogen (secondary N) is 1. The maximum atomic E-state index is 13.4. The lowest BCUT2D eigenvalue weighted by Gasteiger charge is -2.21. The second-order valence-electron chi connectivity index (χ2n) is 9.08.